The quantitative estimate of drug-likeness (QED) is 0.683. The number of ether oxygens (including phenoxy) is 1. The fourth-order valence-corrected chi connectivity index (χ4v) is 3.41. The molecule has 0 saturated carbocycles. The van der Waals surface area contributed by atoms with Crippen molar-refractivity contribution < 1.29 is 27.3 Å². The lowest BCUT2D eigenvalue weighted by Gasteiger charge is -2.11. The van der Waals surface area contributed by atoms with Crippen LogP contribution < -0.4 is 4.74 Å². The van der Waals surface area contributed by atoms with Crippen LogP contribution in [-0.4, -0.2) is 31.6 Å². The van der Waals surface area contributed by atoms with Gasteiger partial charge in [-0.25, -0.2) is 0 Å². The zero-order valence-electron chi connectivity index (χ0n) is 12.0. The van der Waals surface area contributed by atoms with Crippen molar-refractivity contribution in [2.75, 3.05) is 7.11 Å². The topological polar surface area (TPSA) is 97.7 Å². The van der Waals surface area contributed by atoms with Gasteiger partial charge in [0, 0.05) is 11.1 Å². The van der Waals surface area contributed by atoms with Crippen LogP contribution >= 0.6 is 0 Å². The summed E-state index contributed by atoms with van der Waals surface area (Å²) in [5, 5.41) is 0. The second-order valence-electron chi connectivity index (χ2n) is 5.09. The molecule has 7 heteroatoms. The van der Waals surface area contributed by atoms with Crippen LogP contribution in [0.4, 0.5) is 0 Å². The summed E-state index contributed by atoms with van der Waals surface area (Å²) < 4.78 is 37.1. The van der Waals surface area contributed by atoms with Crippen LogP contribution in [0.3, 0.4) is 0 Å². The van der Waals surface area contributed by atoms with Gasteiger partial charge < -0.3 is 4.74 Å². The lowest BCUT2D eigenvalue weighted by atomic mass is 9.94. The Morgan fingerprint density at radius 2 is 1.57 bits per heavy atom. The fraction of sp³-hybridized carbons (Fsp3) is 0.125. The van der Waals surface area contributed by atoms with E-state index >= 15 is 0 Å². The minimum absolute atomic E-state index is 0.0633. The Balaban J connectivity index is 2.15. The van der Waals surface area contributed by atoms with E-state index in [0.717, 1.165) is 6.07 Å². The molecule has 2 aromatic rings. The molecule has 118 valence electrons. The number of carbonyl (C=O) groups excluding carboxylic acids is 2. The molecule has 6 nitrogen and oxygen atoms in total. The molecule has 23 heavy (non-hydrogen) atoms. The molecule has 1 aliphatic carbocycles. The van der Waals surface area contributed by atoms with Gasteiger partial charge >= 0.3 is 0 Å². The number of ketones is 2. The lowest BCUT2D eigenvalue weighted by Crippen LogP contribution is -2.14. The second kappa shape index (κ2) is 5.29. The van der Waals surface area contributed by atoms with Crippen LogP contribution in [0.5, 0.6) is 5.75 Å². The Morgan fingerprint density at radius 1 is 1.00 bits per heavy atom. The standard InChI is InChI=1S/C16H12O6S/c1-22-12-7-6-9(8-13(12)23(19,20)21)14-15(17)10-4-2-3-5-11(10)16(14)18/h2-8,14H,1H3,(H,19,20,21). The molecule has 0 spiro atoms. The van der Waals surface area contributed by atoms with Crippen molar-refractivity contribution in [2.24, 2.45) is 0 Å². The molecular formula is C16H12O6S. The van der Waals surface area contributed by atoms with Crippen LogP contribution in [0.2, 0.25) is 0 Å². The van der Waals surface area contributed by atoms with E-state index in [9.17, 15) is 22.6 Å². The molecule has 1 aliphatic rings. The van der Waals surface area contributed by atoms with Gasteiger partial charge in [-0.2, -0.15) is 8.42 Å². The van der Waals surface area contributed by atoms with Crippen LogP contribution in [0, 0.1) is 0 Å². The van der Waals surface area contributed by atoms with E-state index in [0.29, 0.717) is 11.1 Å². The van der Waals surface area contributed by atoms with E-state index in [-0.39, 0.29) is 11.3 Å². The summed E-state index contributed by atoms with van der Waals surface area (Å²) in [7, 11) is -3.29. The molecule has 0 radical (unpaired) electrons. The van der Waals surface area contributed by atoms with Crippen LogP contribution in [0.25, 0.3) is 0 Å². The molecule has 0 aromatic heterocycles. The van der Waals surface area contributed by atoms with Gasteiger partial charge in [0.2, 0.25) is 0 Å². The molecular weight excluding hydrogens is 320 g/mol. The zero-order valence-corrected chi connectivity index (χ0v) is 12.8. The summed E-state index contributed by atoms with van der Waals surface area (Å²) in [6.07, 6.45) is 0. The lowest BCUT2D eigenvalue weighted by molar-refractivity contribution is 0.0889. The molecule has 0 aliphatic heterocycles. The normalized spacial score (nSPS) is 14.9. The van der Waals surface area contributed by atoms with Gasteiger partial charge in [-0.05, 0) is 17.7 Å². The van der Waals surface area contributed by atoms with Crippen molar-refractivity contribution in [3.05, 3.63) is 59.2 Å². The molecule has 0 atom stereocenters. The van der Waals surface area contributed by atoms with Crippen molar-refractivity contribution in [2.45, 2.75) is 10.8 Å². The summed E-state index contributed by atoms with van der Waals surface area (Å²) in [6.45, 7) is 0. The molecule has 0 heterocycles. The number of hydrogen-bond acceptors (Lipinski definition) is 5. The minimum Gasteiger partial charge on any atom is -0.495 e. The number of carbonyl (C=O) groups is 2. The Labute approximate surface area is 132 Å². The molecule has 3 rings (SSSR count). The molecule has 2 aromatic carbocycles. The van der Waals surface area contributed by atoms with Crippen LogP contribution in [0.15, 0.2) is 47.4 Å². The Kier molecular flexibility index (Phi) is 3.54. The molecule has 0 bridgehead atoms. The third kappa shape index (κ3) is 2.43. The van der Waals surface area contributed by atoms with Crippen LogP contribution in [-0.2, 0) is 10.1 Å². The number of benzene rings is 2. The highest BCUT2D eigenvalue weighted by Crippen LogP contribution is 2.36. The average molecular weight is 332 g/mol. The van der Waals surface area contributed by atoms with Crippen LogP contribution in [0.1, 0.15) is 32.2 Å². The third-order valence-electron chi connectivity index (χ3n) is 3.78. The SMILES string of the molecule is COc1ccc(C2C(=O)c3ccccc3C2=O)cc1S(=O)(=O)O. The molecule has 0 fully saturated rings. The first-order chi connectivity index (χ1) is 10.8. The van der Waals surface area contributed by atoms with Gasteiger partial charge in [-0.1, -0.05) is 30.3 Å². The van der Waals surface area contributed by atoms with E-state index in [1.54, 1.807) is 24.3 Å². The predicted molar refractivity (Wildman–Crippen MR) is 80.7 cm³/mol. The number of Topliss-reactive ketones (excluding diaryl/α,β-unsaturated/α-hetero) is 2. The van der Waals surface area contributed by atoms with Crippen molar-refractivity contribution in [1.82, 2.24) is 0 Å². The summed E-state index contributed by atoms with van der Waals surface area (Å²) in [5.41, 5.74) is 0.822. The monoisotopic (exact) mass is 332 g/mol. The summed E-state index contributed by atoms with van der Waals surface area (Å²) in [4.78, 5) is 24.4. The summed E-state index contributed by atoms with van der Waals surface area (Å²) in [6, 6.07) is 10.3. The Hall–Kier alpha value is -2.51. The maximum atomic E-state index is 12.5. The van der Waals surface area contributed by atoms with Gasteiger partial charge in [-0.3, -0.25) is 14.1 Å². The van der Waals surface area contributed by atoms with Gasteiger partial charge in [0.25, 0.3) is 10.1 Å². The zero-order chi connectivity index (χ0) is 16.8. The first-order valence-corrected chi connectivity index (χ1v) is 8.11. The highest BCUT2D eigenvalue weighted by molar-refractivity contribution is 7.86. The van der Waals surface area contributed by atoms with E-state index in [1.165, 1.54) is 19.2 Å². The molecule has 0 unspecified atom stereocenters. The van der Waals surface area contributed by atoms with E-state index in [1.807, 2.05) is 0 Å². The first kappa shape index (κ1) is 15.4. The van der Waals surface area contributed by atoms with Crippen molar-refractivity contribution in [3.63, 3.8) is 0 Å². The average Bonchev–Trinajstić information content (AvgIpc) is 2.78. The fourth-order valence-electron chi connectivity index (χ4n) is 2.72. The molecule has 1 N–H and O–H groups in total. The van der Waals surface area contributed by atoms with E-state index in [4.69, 9.17) is 4.74 Å². The minimum atomic E-state index is -4.55. The largest absolute Gasteiger partial charge is 0.495 e. The Bertz CT molecular complexity index is 894. The molecule has 0 amide bonds. The molecule has 0 saturated heterocycles. The smallest absolute Gasteiger partial charge is 0.298 e. The highest BCUT2D eigenvalue weighted by atomic mass is 32.2. The van der Waals surface area contributed by atoms with Gasteiger partial charge in [0.05, 0.1) is 7.11 Å². The number of fused-ring (bicyclic) bond motifs is 1. The first-order valence-electron chi connectivity index (χ1n) is 6.67. The number of hydrogen-bond donors (Lipinski definition) is 1. The number of methoxy groups -OCH3 is 1. The van der Waals surface area contributed by atoms with Crippen molar-refractivity contribution >= 4 is 21.7 Å². The summed E-state index contributed by atoms with van der Waals surface area (Å²) >= 11 is 0. The Morgan fingerprint density at radius 3 is 2.04 bits per heavy atom. The number of rotatable bonds is 3. The maximum absolute atomic E-state index is 12.5. The third-order valence-corrected chi connectivity index (χ3v) is 4.66. The van der Waals surface area contributed by atoms with Gasteiger partial charge in [0.15, 0.2) is 11.6 Å². The van der Waals surface area contributed by atoms with Gasteiger partial charge in [-0.15, -0.1) is 0 Å². The van der Waals surface area contributed by atoms with Gasteiger partial charge in [0.1, 0.15) is 16.6 Å². The highest BCUT2D eigenvalue weighted by Gasteiger charge is 2.39. The predicted octanol–water partition coefficient (Wildman–Crippen LogP) is 2.10. The van der Waals surface area contributed by atoms with Crippen molar-refractivity contribution in [3.8, 4) is 5.75 Å². The maximum Gasteiger partial charge on any atom is 0.298 e. The second-order valence-corrected chi connectivity index (χ2v) is 6.48. The van der Waals surface area contributed by atoms with Crippen molar-refractivity contribution in [1.29, 1.82) is 0 Å². The van der Waals surface area contributed by atoms with E-state index in [2.05, 4.69) is 0 Å². The van der Waals surface area contributed by atoms with E-state index < -0.39 is 32.5 Å². The summed E-state index contributed by atoms with van der Waals surface area (Å²) in [5.74, 6) is -1.96.